The quantitative estimate of drug-likeness (QED) is 0.0597. The zero-order valence-electron chi connectivity index (χ0n) is 30.5. The highest BCUT2D eigenvalue weighted by Gasteiger charge is 2.53. The first kappa shape index (κ1) is 39.4. The van der Waals surface area contributed by atoms with E-state index in [9.17, 15) is 33.6 Å². The monoisotopic (exact) mass is 780 g/mol. The van der Waals surface area contributed by atoms with Crippen molar-refractivity contribution < 1.29 is 34.2 Å². The second-order valence-corrected chi connectivity index (χ2v) is 13.6. The van der Waals surface area contributed by atoms with Crippen LogP contribution >= 0.6 is 0 Å². The number of benzene rings is 2. The Bertz CT molecular complexity index is 2490. The Morgan fingerprint density at radius 1 is 0.684 bits per heavy atom. The summed E-state index contributed by atoms with van der Waals surface area (Å²) in [6, 6.07) is 13.3. The van der Waals surface area contributed by atoms with Crippen LogP contribution in [0.3, 0.4) is 0 Å². The molecule has 0 unspecified atom stereocenters. The van der Waals surface area contributed by atoms with Crippen molar-refractivity contribution in [2.75, 3.05) is 29.9 Å². The van der Waals surface area contributed by atoms with Gasteiger partial charge in [0.15, 0.2) is 0 Å². The summed E-state index contributed by atoms with van der Waals surface area (Å²) in [5.74, 6) is -3.58. The van der Waals surface area contributed by atoms with Crippen LogP contribution in [0.15, 0.2) is 58.1 Å². The fourth-order valence-electron chi connectivity index (χ4n) is 7.05. The number of aliphatic carboxylic acids is 2. The Kier molecular flexibility index (Phi) is 11.5. The number of carbonyl (C=O) groups excluding carboxylic acids is 3. The molecule has 1 aliphatic rings. The molecule has 0 spiro atoms. The lowest BCUT2D eigenvalue weighted by Crippen LogP contribution is -2.41. The molecule has 4 heterocycles. The second-order valence-electron chi connectivity index (χ2n) is 13.6. The maximum Gasteiger partial charge on any atom is 0.303 e. The van der Waals surface area contributed by atoms with Crippen molar-refractivity contribution in [1.82, 2.24) is 35.6 Å². The molecule has 5 aromatic rings. The third-order valence-electron chi connectivity index (χ3n) is 9.80. The Balaban J connectivity index is 1.33. The van der Waals surface area contributed by atoms with Crippen LogP contribution in [0, 0.1) is 0 Å². The number of nitrogens with two attached hydrogens (primary N) is 2. The molecule has 1 atom stereocenters. The molecule has 19 nitrogen and oxygen atoms in total. The number of rotatable bonds is 17. The Hall–Kier alpha value is -7.31. The number of nitrogen functional groups attached to an aromatic ring is 2. The van der Waals surface area contributed by atoms with Gasteiger partial charge < -0.3 is 52.6 Å². The van der Waals surface area contributed by atoms with Crippen LogP contribution in [0.4, 0.5) is 17.7 Å². The summed E-state index contributed by atoms with van der Waals surface area (Å²) in [6.45, 7) is 0.389. The SMILES string of the molecule is Nc1nc(=O)c2c([nH]1)NC(=O)[C@]2(CCc1ccc(C(=O)NCCCC(=O)O)cc1)c1[nH]c2[nH]c(N)nc(=O)c2c1CCc1ccc(C(=O)NCCCC(=O)O)cc1. The minimum atomic E-state index is -1.74. The molecule has 2 aromatic carbocycles. The van der Waals surface area contributed by atoms with Crippen molar-refractivity contribution in [3.8, 4) is 0 Å². The van der Waals surface area contributed by atoms with E-state index in [1.165, 1.54) is 0 Å². The van der Waals surface area contributed by atoms with Crippen LogP contribution in [0.1, 0.15) is 80.8 Å². The van der Waals surface area contributed by atoms with Crippen LogP contribution in [-0.2, 0) is 39.1 Å². The van der Waals surface area contributed by atoms with E-state index in [-0.39, 0.29) is 110 Å². The topological polar surface area (TPSA) is 321 Å². The lowest BCUT2D eigenvalue weighted by Gasteiger charge is -2.27. The van der Waals surface area contributed by atoms with Crippen LogP contribution in [0.2, 0.25) is 0 Å². The second kappa shape index (κ2) is 16.6. The number of H-pyrrole nitrogens is 3. The van der Waals surface area contributed by atoms with E-state index in [2.05, 4.69) is 40.9 Å². The van der Waals surface area contributed by atoms with Gasteiger partial charge in [0.2, 0.25) is 17.8 Å². The number of amides is 3. The third-order valence-corrected chi connectivity index (χ3v) is 9.80. The first-order chi connectivity index (χ1) is 27.3. The Morgan fingerprint density at radius 3 is 1.77 bits per heavy atom. The number of carboxylic acids is 2. The number of carboxylic acid groups (broad SMARTS) is 2. The van der Waals surface area contributed by atoms with E-state index in [0.717, 1.165) is 5.56 Å². The van der Waals surface area contributed by atoms with Gasteiger partial charge in [-0.3, -0.25) is 33.6 Å². The van der Waals surface area contributed by atoms with E-state index in [1.807, 2.05) is 0 Å². The standard InChI is InChI=1S/C38H40N10O9/c39-36-45-29-26(33(55)47-36)23(14-9-19-5-10-21(11-6-19)31(53)41-17-1-3-24(49)50)28(43-29)38(27-30(44-35(38)57)46-37(40)48-34(27)56)16-15-20-7-12-22(13-8-20)32(54)42-18-2-4-25(51)52/h5-8,10-13H,1-4,9,14-18H2,(H,41,53)(H,42,54)(H,49,50)(H,51,52)(H4,39,43,45,47,55)(H4,40,44,46,48,56,57)/t38-/m0/s1. The molecule has 19 heteroatoms. The number of aryl methyl sites for hydroxylation is 3. The number of hydrogen-bond acceptors (Lipinski definition) is 11. The molecule has 0 saturated carbocycles. The van der Waals surface area contributed by atoms with Gasteiger partial charge >= 0.3 is 11.9 Å². The number of nitrogens with zero attached hydrogens (tertiary/aromatic N) is 2. The van der Waals surface area contributed by atoms with Gasteiger partial charge in [0, 0.05) is 42.8 Å². The number of carbonyl (C=O) groups is 5. The van der Waals surface area contributed by atoms with Crippen LogP contribution < -0.4 is 38.5 Å². The van der Waals surface area contributed by atoms with Crippen molar-refractivity contribution >= 4 is 58.4 Å². The van der Waals surface area contributed by atoms with Crippen molar-refractivity contribution in [1.29, 1.82) is 0 Å². The number of nitrogens with one attached hydrogen (secondary N) is 6. The van der Waals surface area contributed by atoms with Gasteiger partial charge in [0.25, 0.3) is 22.9 Å². The first-order valence-electron chi connectivity index (χ1n) is 18.1. The molecule has 3 amide bonds. The molecule has 0 radical (unpaired) electrons. The van der Waals surface area contributed by atoms with Crippen molar-refractivity contribution in [3.05, 3.63) is 108 Å². The average Bonchev–Trinajstić information content (AvgIpc) is 3.67. The van der Waals surface area contributed by atoms with Crippen LogP contribution in [-0.4, -0.2) is 77.9 Å². The Morgan fingerprint density at radius 2 is 1.21 bits per heavy atom. The zero-order chi connectivity index (χ0) is 40.9. The third kappa shape index (κ3) is 8.51. The van der Waals surface area contributed by atoms with E-state index in [1.54, 1.807) is 48.5 Å². The molecule has 12 N–H and O–H groups in total. The van der Waals surface area contributed by atoms with Crippen LogP contribution in [0.5, 0.6) is 0 Å². The Labute approximate surface area is 322 Å². The number of aromatic amines is 3. The minimum Gasteiger partial charge on any atom is -0.481 e. The van der Waals surface area contributed by atoms with E-state index >= 15 is 0 Å². The summed E-state index contributed by atoms with van der Waals surface area (Å²) in [5, 5.41) is 25.9. The number of hydrogen-bond donors (Lipinski definition) is 10. The molecule has 3 aromatic heterocycles. The summed E-state index contributed by atoms with van der Waals surface area (Å²) in [4.78, 5) is 105. The zero-order valence-corrected chi connectivity index (χ0v) is 30.5. The smallest absolute Gasteiger partial charge is 0.303 e. The fraction of sp³-hybridized carbons (Fsp3) is 0.289. The molecule has 6 rings (SSSR count). The van der Waals surface area contributed by atoms with Gasteiger partial charge in [-0.05, 0) is 79.5 Å². The highest BCUT2D eigenvalue weighted by Crippen LogP contribution is 2.46. The van der Waals surface area contributed by atoms with E-state index < -0.39 is 34.4 Å². The van der Waals surface area contributed by atoms with Gasteiger partial charge in [-0.25, -0.2) is 0 Å². The summed E-state index contributed by atoms with van der Waals surface area (Å²) in [5.41, 5.74) is 11.6. The van der Waals surface area contributed by atoms with Crippen molar-refractivity contribution in [2.45, 2.75) is 56.8 Å². The summed E-state index contributed by atoms with van der Waals surface area (Å²) in [7, 11) is 0. The molecular formula is C38H40N10O9. The summed E-state index contributed by atoms with van der Waals surface area (Å²) < 4.78 is 0. The first-order valence-corrected chi connectivity index (χ1v) is 18.1. The predicted molar refractivity (Wildman–Crippen MR) is 207 cm³/mol. The molecule has 0 bridgehead atoms. The molecule has 0 aliphatic carbocycles. The van der Waals surface area contributed by atoms with Gasteiger partial charge in [-0.15, -0.1) is 0 Å². The molecular weight excluding hydrogens is 740 g/mol. The lowest BCUT2D eigenvalue weighted by molar-refractivity contribution is -0.138. The highest BCUT2D eigenvalue weighted by molar-refractivity contribution is 6.08. The number of aromatic nitrogens is 5. The van der Waals surface area contributed by atoms with E-state index in [4.69, 9.17) is 21.7 Å². The molecule has 0 saturated heterocycles. The molecule has 296 valence electrons. The normalized spacial score (nSPS) is 14.6. The average molecular weight is 781 g/mol. The van der Waals surface area contributed by atoms with E-state index in [0.29, 0.717) is 28.7 Å². The maximum atomic E-state index is 14.4. The molecule has 1 aliphatic heterocycles. The maximum absolute atomic E-state index is 14.4. The van der Waals surface area contributed by atoms with Crippen molar-refractivity contribution in [3.63, 3.8) is 0 Å². The van der Waals surface area contributed by atoms with Crippen LogP contribution in [0.25, 0.3) is 11.0 Å². The predicted octanol–water partition coefficient (Wildman–Crippen LogP) is 1.34. The van der Waals surface area contributed by atoms with Gasteiger partial charge in [-0.1, -0.05) is 24.3 Å². The molecule has 57 heavy (non-hydrogen) atoms. The minimum absolute atomic E-state index is 0.00552. The van der Waals surface area contributed by atoms with Gasteiger partial charge in [-0.2, -0.15) is 9.97 Å². The summed E-state index contributed by atoms with van der Waals surface area (Å²) in [6.07, 6.45) is 1.12. The largest absolute Gasteiger partial charge is 0.481 e. The fourth-order valence-corrected chi connectivity index (χ4v) is 7.05. The number of anilines is 3. The molecule has 0 fully saturated rings. The van der Waals surface area contributed by atoms with Crippen molar-refractivity contribution in [2.24, 2.45) is 0 Å². The summed E-state index contributed by atoms with van der Waals surface area (Å²) >= 11 is 0. The van der Waals surface area contributed by atoms with Gasteiger partial charge in [0.05, 0.1) is 10.9 Å². The number of fused-ring (bicyclic) bond motifs is 2. The van der Waals surface area contributed by atoms with Gasteiger partial charge in [0.1, 0.15) is 16.9 Å². The highest BCUT2D eigenvalue weighted by atomic mass is 16.4. The lowest BCUT2D eigenvalue weighted by atomic mass is 9.73.